The first-order chi connectivity index (χ1) is 10.2. The third kappa shape index (κ3) is 2.41. The van der Waals surface area contributed by atoms with E-state index >= 15 is 0 Å². The summed E-state index contributed by atoms with van der Waals surface area (Å²) in [4.78, 5) is 12.7. The molecule has 4 saturated carbocycles. The monoisotopic (exact) mass is 306 g/mol. The molecule has 4 aliphatic rings. The number of ether oxygens (including phenoxy) is 1. The van der Waals surface area contributed by atoms with Crippen LogP contribution in [0.4, 0.5) is 0 Å². The molecular weight excluding hydrogens is 272 g/mol. The van der Waals surface area contributed by atoms with E-state index in [0.29, 0.717) is 0 Å². The Bertz CT molecular complexity index is 404. The van der Waals surface area contributed by atoms with E-state index in [1.165, 1.54) is 38.5 Å². The summed E-state index contributed by atoms with van der Waals surface area (Å²) >= 11 is 0. The topological polar surface area (TPSA) is 26.3 Å². The van der Waals surface area contributed by atoms with Gasteiger partial charge in [0.15, 0.2) is 0 Å². The molecule has 0 radical (unpaired) electrons. The van der Waals surface area contributed by atoms with Gasteiger partial charge in [0.05, 0.1) is 5.41 Å². The van der Waals surface area contributed by atoms with Crippen LogP contribution in [0.25, 0.3) is 0 Å². The average Bonchev–Trinajstić information content (AvgIpc) is 2.41. The van der Waals surface area contributed by atoms with Crippen LogP contribution >= 0.6 is 0 Å². The van der Waals surface area contributed by atoms with Crippen molar-refractivity contribution >= 4 is 5.97 Å². The van der Waals surface area contributed by atoms with Crippen molar-refractivity contribution in [2.45, 2.75) is 91.6 Å². The van der Waals surface area contributed by atoms with E-state index < -0.39 is 5.41 Å². The normalized spacial score (nSPS) is 37.4. The molecule has 0 saturated heterocycles. The van der Waals surface area contributed by atoms with Crippen molar-refractivity contribution in [2.75, 3.05) is 0 Å². The van der Waals surface area contributed by atoms with Crippen molar-refractivity contribution in [2.24, 2.45) is 28.6 Å². The van der Waals surface area contributed by atoms with Gasteiger partial charge in [-0.15, -0.1) is 0 Å². The molecule has 4 fully saturated rings. The fourth-order valence-corrected chi connectivity index (χ4v) is 6.25. The third-order valence-electron chi connectivity index (χ3n) is 7.05. The summed E-state index contributed by atoms with van der Waals surface area (Å²) in [5.41, 5.74) is -0.364. The highest BCUT2D eigenvalue weighted by Crippen LogP contribution is 2.65. The van der Waals surface area contributed by atoms with Crippen LogP contribution < -0.4 is 0 Å². The highest BCUT2D eigenvalue weighted by atomic mass is 16.6. The summed E-state index contributed by atoms with van der Waals surface area (Å²) in [7, 11) is 0. The van der Waals surface area contributed by atoms with Crippen molar-refractivity contribution in [1.82, 2.24) is 0 Å². The van der Waals surface area contributed by atoms with E-state index in [9.17, 15) is 4.79 Å². The van der Waals surface area contributed by atoms with Gasteiger partial charge in [0.1, 0.15) is 5.60 Å². The Hall–Kier alpha value is -0.530. The van der Waals surface area contributed by atoms with E-state index in [4.69, 9.17) is 4.74 Å². The fourth-order valence-electron chi connectivity index (χ4n) is 6.25. The maximum atomic E-state index is 12.7. The van der Waals surface area contributed by atoms with Gasteiger partial charge in [-0.3, -0.25) is 4.79 Å². The predicted molar refractivity (Wildman–Crippen MR) is 89.5 cm³/mol. The predicted octanol–water partition coefficient (Wildman–Crippen LogP) is 5.35. The molecule has 2 nitrogen and oxygen atoms in total. The first-order valence-electron chi connectivity index (χ1n) is 9.47. The van der Waals surface area contributed by atoms with Crippen LogP contribution in [0.15, 0.2) is 0 Å². The number of carbonyl (C=O) groups is 1. The smallest absolute Gasteiger partial charge is 0.311 e. The molecule has 0 spiro atoms. The molecule has 0 aromatic rings. The minimum absolute atomic E-state index is 0.00746. The van der Waals surface area contributed by atoms with Gasteiger partial charge in [-0.05, 0) is 89.9 Å². The summed E-state index contributed by atoms with van der Waals surface area (Å²) in [5, 5.41) is 0. The first-order valence-corrected chi connectivity index (χ1v) is 9.47. The lowest BCUT2D eigenvalue weighted by Gasteiger charge is -2.63. The third-order valence-corrected chi connectivity index (χ3v) is 7.05. The van der Waals surface area contributed by atoms with Crippen LogP contribution in [0.5, 0.6) is 0 Å². The summed E-state index contributed by atoms with van der Waals surface area (Å²) in [6.45, 7) is 10.4. The lowest BCUT2D eigenvalue weighted by Crippen LogP contribution is -2.60. The van der Waals surface area contributed by atoms with E-state index in [1.807, 2.05) is 20.8 Å². The molecule has 0 aromatic heterocycles. The van der Waals surface area contributed by atoms with Crippen LogP contribution in [0, 0.1) is 28.6 Å². The molecule has 0 heterocycles. The first kappa shape index (κ1) is 16.3. The Kier molecular flexibility index (Phi) is 3.89. The number of hydrogen-bond donors (Lipinski definition) is 0. The Morgan fingerprint density at radius 2 is 1.36 bits per heavy atom. The van der Waals surface area contributed by atoms with Crippen molar-refractivity contribution in [3.05, 3.63) is 0 Å². The van der Waals surface area contributed by atoms with Crippen LogP contribution in [-0.4, -0.2) is 11.6 Å². The molecular formula is C20H34O2. The Morgan fingerprint density at radius 1 is 0.955 bits per heavy atom. The van der Waals surface area contributed by atoms with Crippen molar-refractivity contribution in [3.63, 3.8) is 0 Å². The summed E-state index contributed by atoms with van der Waals surface area (Å²) in [6, 6.07) is 0. The Morgan fingerprint density at radius 3 is 1.68 bits per heavy atom. The van der Waals surface area contributed by atoms with Crippen molar-refractivity contribution < 1.29 is 9.53 Å². The Balaban J connectivity index is 1.92. The van der Waals surface area contributed by atoms with Gasteiger partial charge < -0.3 is 4.74 Å². The van der Waals surface area contributed by atoms with Gasteiger partial charge in [0, 0.05) is 5.41 Å². The number of esters is 1. The molecule has 4 bridgehead atoms. The molecule has 0 aromatic carbocycles. The van der Waals surface area contributed by atoms with Gasteiger partial charge in [-0.1, -0.05) is 13.8 Å². The maximum Gasteiger partial charge on any atom is 0.311 e. The molecule has 4 aliphatic carbocycles. The van der Waals surface area contributed by atoms with Gasteiger partial charge in [-0.2, -0.15) is 0 Å². The van der Waals surface area contributed by atoms with Crippen molar-refractivity contribution in [1.29, 1.82) is 0 Å². The second-order valence-corrected chi connectivity index (χ2v) is 9.54. The number of carbonyl (C=O) groups excluding carboxylic acids is 1. The van der Waals surface area contributed by atoms with E-state index in [2.05, 4.69) is 13.8 Å². The van der Waals surface area contributed by atoms with E-state index in [0.717, 1.165) is 30.6 Å². The Labute approximate surface area is 136 Å². The van der Waals surface area contributed by atoms with Gasteiger partial charge >= 0.3 is 5.97 Å². The average molecular weight is 306 g/mol. The second-order valence-electron chi connectivity index (χ2n) is 9.54. The molecule has 0 unspecified atom stereocenters. The zero-order valence-corrected chi connectivity index (χ0v) is 15.2. The van der Waals surface area contributed by atoms with Gasteiger partial charge in [-0.25, -0.2) is 0 Å². The van der Waals surface area contributed by atoms with Crippen LogP contribution in [0.3, 0.4) is 0 Å². The highest BCUT2D eigenvalue weighted by molar-refractivity contribution is 5.76. The molecule has 4 rings (SSSR count). The van der Waals surface area contributed by atoms with Crippen molar-refractivity contribution in [3.8, 4) is 0 Å². The molecule has 126 valence electrons. The summed E-state index contributed by atoms with van der Waals surface area (Å²) in [6.07, 6.45) is 10.2. The quantitative estimate of drug-likeness (QED) is 0.654. The van der Waals surface area contributed by atoms with Gasteiger partial charge in [0.2, 0.25) is 0 Å². The second kappa shape index (κ2) is 5.24. The lowest BCUT2D eigenvalue weighted by molar-refractivity contribution is -0.218. The molecule has 2 heteroatoms. The zero-order chi connectivity index (χ0) is 16.2. The largest absolute Gasteiger partial charge is 0.458 e. The minimum Gasteiger partial charge on any atom is -0.458 e. The molecule has 22 heavy (non-hydrogen) atoms. The van der Waals surface area contributed by atoms with Gasteiger partial charge in [0.25, 0.3) is 0 Å². The van der Waals surface area contributed by atoms with Crippen LogP contribution in [0.1, 0.15) is 86.0 Å². The highest BCUT2D eigenvalue weighted by Gasteiger charge is 2.61. The lowest BCUT2D eigenvalue weighted by atomic mass is 9.44. The zero-order valence-electron chi connectivity index (χ0n) is 15.2. The fraction of sp³-hybridized carbons (Fsp3) is 0.950. The minimum atomic E-state index is -0.405. The molecule has 0 atom stereocenters. The SMILES string of the molecule is CCC(CC)(OC(=O)C(C)(C)C)C12CC3CC(CC(C3)C1)C2. The number of hydrogen-bond acceptors (Lipinski definition) is 2. The van der Waals surface area contributed by atoms with Crippen LogP contribution in [-0.2, 0) is 9.53 Å². The van der Waals surface area contributed by atoms with E-state index in [-0.39, 0.29) is 17.0 Å². The maximum absolute atomic E-state index is 12.7. The molecule has 0 N–H and O–H groups in total. The number of rotatable bonds is 4. The summed E-state index contributed by atoms with van der Waals surface area (Å²) in [5.74, 6) is 2.69. The molecule has 0 aliphatic heterocycles. The standard InChI is InChI=1S/C20H34O2/c1-6-20(7-2,22-17(21)18(3,4)5)19-11-14-8-15(12-19)10-16(9-14)13-19/h14-16H,6-13H2,1-5H3. The van der Waals surface area contributed by atoms with Crippen LogP contribution in [0.2, 0.25) is 0 Å². The molecule has 0 amide bonds. The van der Waals surface area contributed by atoms with E-state index in [1.54, 1.807) is 0 Å². The summed E-state index contributed by atoms with van der Waals surface area (Å²) < 4.78 is 6.35.